The van der Waals surface area contributed by atoms with E-state index in [1.807, 2.05) is 0 Å². The number of Topliss-reactive ketones (excluding diaryl/α,β-unsaturated/α-hetero) is 1. The zero-order valence-corrected chi connectivity index (χ0v) is 14.3. The van der Waals surface area contributed by atoms with E-state index in [0.717, 1.165) is 17.6 Å². The third-order valence-electron chi connectivity index (χ3n) is 2.62. The highest BCUT2D eigenvalue weighted by molar-refractivity contribution is 7.92. The average molecular weight is 374 g/mol. The average Bonchev–Trinajstić information content (AvgIpc) is 2.90. The van der Waals surface area contributed by atoms with Crippen molar-refractivity contribution in [2.24, 2.45) is 0 Å². The van der Waals surface area contributed by atoms with E-state index in [9.17, 15) is 18.0 Å². The third-order valence-corrected chi connectivity index (χ3v) is 4.49. The van der Waals surface area contributed by atoms with Gasteiger partial charge < -0.3 is 4.74 Å². The van der Waals surface area contributed by atoms with Gasteiger partial charge >= 0.3 is 5.97 Å². The molecule has 6 nitrogen and oxygen atoms in total. The number of thiophene rings is 1. The van der Waals surface area contributed by atoms with Crippen molar-refractivity contribution in [3.05, 3.63) is 51.2 Å². The Morgan fingerprint density at radius 3 is 2.52 bits per heavy atom. The molecule has 1 heterocycles. The van der Waals surface area contributed by atoms with Gasteiger partial charge in [0.25, 0.3) is 0 Å². The third kappa shape index (κ3) is 5.05. The van der Waals surface area contributed by atoms with E-state index in [1.54, 1.807) is 24.3 Å². The van der Waals surface area contributed by atoms with Crippen LogP contribution in [-0.4, -0.2) is 33.0 Å². The number of sulfonamides is 1. The largest absolute Gasteiger partial charge is 0.454 e. The van der Waals surface area contributed by atoms with Crippen molar-refractivity contribution in [3.63, 3.8) is 0 Å². The molecule has 0 saturated heterocycles. The highest BCUT2D eigenvalue weighted by Crippen LogP contribution is 2.22. The van der Waals surface area contributed by atoms with Crippen LogP contribution < -0.4 is 4.72 Å². The molecule has 2 rings (SSSR count). The van der Waals surface area contributed by atoms with E-state index in [2.05, 4.69) is 4.72 Å². The Kier molecular flexibility index (Phi) is 5.40. The highest BCUT2D eigenvalue weighted by Gasteiger charge is 2.17. The molecule has 0 fully saturated rings. The standard InChI is InChI=1S/C14H12ClNO5S2/c1-23(19,20)16-10-5-3-2-4-9(10)14(18)21-8-11(17)12-6-7-13(15)22-12/h2-7,16H,8H2,1H3. The molecule has 0 aliphatic carbocycles. The van der Waals surface area contributed by atoms with Crippen LogP contribution in [0.2, 0.25) is 4.34 Å². The Morgan fingerprint density at radius 1 is 1.22 bits per heavy atom. The molecular formula is C14H12ClNO5S2. The molecule has 23 heavy (non-hydrogen) atoms. The predicted molar refractivity (Wildman–Crippen MR) is 88.9 cm³/mol. The second-order valence-corrected chi connectivity index (χ2v) is 7.99. The second kappa shape index (κ2) is 7.12. The number of rotatable bonds is 6. The number of hydrogen-bond donors (Lipinski definition) is 1. The molecule has 0 aliphatic heterocycles. The molecule has 2 aromatic rings. The summed E-state index contributed by atoms with van der Waals surface area (Å²) in [6, 6.07) is 9.09. The van der Waals surface area contributed by atoms with E-state index < -0.39 is 22.6 Å². The number of anilines is 1. The van der Waals surface area contributed by atoms with E-state index in [-0.39, 0.29) is 17.0 Å². The first-order chi connectivity index (χ1) is 10.8. The van der Waals surface area contributed by atoms with Gasteiger partial charge in [-0.3, -0.25) is 9.52 Å². The van der Waals surface area contributed by atoms with E-state index >= 15 is 0 Å². The van der Waals surface area contributed by atoms with E-state index in [4.69, 9.17) is 16.3 Å². The fourth-order valence-corrected chi connectivity index (χ4v) is 3.24. The number of carbonyl (C=O) groups excluding carboxylic acids is 2. The van der Waals surface area contributed by atoms with Gasteiger partial charge in [-0.05, 0) is 24.3 Å². The van der Waals surface area contributed by atoms with Crippen LogP contribution in [0.3, 0.4) is 0 Å². The first-order valence-electron chi connectivity index (χ1n) is 6.29. The van der Waals surface area contributed by atoms with Gasteiger partial charge in [0.2, 0.25) is 15.8 Å². The molecule has 0 saturated carbocycles. The lowest BCUT2D eigenvalue weighted by atomic mass is 10.2. The minimum absolute atomic E-state index is 0.0231. The number of carbonyl (C=O) groups is 2. The van der Waals surface area contributed by atoms with Crippen LogP contribution >= 0.6 is 22.9 Å². The van der Waals surface area contributed by atoms with Crippen LogP contribution in [0.25, 0.3) is 0 Å². The molecule has 9 heteroatoms. The number of esters is 1. The number of ether oxygens (including phenoxy) is 1. The molecule has 0 unspecified atom stereocenters. The molecule has 0 atom stereocenters. The van der Waals surface area contributed by atoms with Gasteiger partial charge in [-0.15, -0.1) is 11.3 Å². The fraction of sp³-hybridized carbons (Fsp3) is 0.143. The zero-order chi connectivity index (χ0) is 17.0. The maximum atomic E-state index is 12.1. The summed E-state index contributed by atoms with van der Waals surface area (Å²) in [5, 5.41) is 0. The van der Waals surface area contributed by atoms with Crippen LogP contribution in [-0.2, 0) is 14.8 Å². The number of nitrogens with one attached hydrogen (secondary N) is 1. The molecule has 0 spiro atoms. The van der Waals surface area contributed by atoms with E-state index in [1.165, 1.54) is 12.1 Å². The summed E-state index contributed by atoms with van der Waals surface area (Å²) in [7, 11) is -3.54. The van der Waals surface area contributed by atoms with Crippen LogP contribution in [0.4, 0.5) is 5.69 Å². The maximum Gasteiger partial charge on any atom is 0.340 e. The first kappa shape index (κ1) is 17.5. The summed E-state index contributed by atoms with van der Waals surface area (Å²) >= 11 is 6.83. The molecule has 122 valence electrons. The molecule has 0 amide bonds. The highest BCUT2D eigenvalue weighted by atomic mass is 35.5. The van der Waals surface area contributed by atoms with Crippen molar-refractivity contribution >= 4 is 50.4 Å². The Balaban J connectivity index is 2.08. The molecular weight excluding hydrogens is 362 g/mol. The normalized spacial score (nSPS) is 11.0. The predicted octanol–water partition coefficient (Wildman–Crippen LogP) is 2.81. The fourth-order valence-electron chi connectivity index (χ4n) is 1.69. The molecule has 0 bridgehead atoms. The Morgan fingerprint density at radius 2 is 1.91 bits per heavy atom. The lowest BCUT2D eigenvalue weighted by Gasteiger charge is -2.09. The van der Waals surface area contributed by atoms with Gasteiger partial charge in [-0.2, -0.15) is 0 Å². The lowest BCUT2D eigenvalue weighted by molar-refractivity contribution is 0.0477. The molecule has 0 aliphatic rings. The number of halogens is 1. The monoisotopic (exact) mass is 373 g/mol. The van der Waals surface area contributed by atoms with E-state index in [0.29, 0.717) is 9.21 Å². The number of benzene rings is 1. The van der Waals surface area contributed by atoms with Gasteiger partial charge in [0.15, 0.2) is 6.61 Å². The summed E-state index contributed by atoms with van der Waals surface area (Å²) in [4.78, 5) is 24.3. The summed E-state index contributed by atoms with van der Waals surface area (Å²) in [6.45, 7) is -0.455. The van der Waals surface area contributed by atoms with Crippen molar-refractivity contribution in [3.8, 4) is 0 Å². The SMILES string of the molecule is CS(=O)(=O)Nc1ccccc1C(=O)OCC(=O)c1ccc(Cl)s1. The van der Waals surface area contributed by atoms with Gasteiger partial charge in [0.05, 0.1) is 26.7 Å². The van der Waals surface area contributed by atoms with Gasteiger partial charge in [-0.1, -0.05) is 23.7 Å². The van der Waals surface area contributed by atoms with Crippen molar-refractivity contribution in [2.75, 3.05) is 17.6 Å². The Hall–Kier alpha value is -1.90. The van der Waals surface area contributed by atoms with Crippen molar-refractivity contribution in [1.82, 2.24) is 0 Å². The van der Waals surface area contributed by atoms with Crippen LogP contribution in [0, 0.1) is 0 Å². The zero-order valence-electron chi connectivity index (χ0n) is 11.9. The number of hydrogen-bond acceptors (Lipinski definition) is 6. The topological polar surface area (TPSA) is 89.5 Å². The molecule has 1 aromatic carbocycles. The summed E-state index contributed by atoms with van der Waals surface area (Å²) < 4.78 is 30.2. The van der Waals surface area contributed by atoms with Crippen LogP contribution in [0.5, 0.6) is 0 Å². The van der Waals surface area contributed by atoms with Crippen molar-refractivity contribution in [2.45, 2.75) is 0 Å². The van der Waals surface area contributed by atoms with Crippen LogP contribution in [0.15, 0.2) is 36.4 Å². The Bertz CT molecular complexity index is 844. The van der Waals surface area contributed by atoms with Crippen molar-refractivity contribution < 1.29 is 22.7 Å². The van der Waals surface area contributed by atoms with Crippen molar-refractivity contribution in [1.29, 1.82) is 0 Å². The Labute approximate surface area is 142 Å². The lowest BCUT2D eigenvalue weighted by Crippen LogP contribution is -2.17. The molecule has 1 aromatic heterocycles. The quantitative estimate of drug-likeness (QED) is 0.621. The van der Waals surface area contributed by atoms with Gasteiger partial charge in [0, 0.05) is 0 Å². The smallest absolute Gasteiger partial charge is 0.340 e. The second-order valence-electron chi connectivity index (χ2n) is 4.52. The summed E-state index contributed by atoms with van der Waals surface area (Å²) in [5.41, 5.74) is 0.113. The molecule has 0 radical (unpaired) electrons. The molecule has 1 N–H and O–H groups in total. The maximum absolute atomic E-state index is 12.1. The van der Waals surface area contributed by atoms with Crippen LogP contribution in [0.1, 0.15) is 20.0 Å². The van der Waals surface area contributed by atoms with Gasteiger partial charge in [-0.25, -0.2) is 13.2 Å². The minimum Gasteiger partial charge on any atom is -0.454 e. The number of para-hydroxylation sites is 1. The number of ketones is 1. The first-order valence-corrected chi connectivity index (χ1v) is 9.37. The van der Waals surface area contributed by atoms with Gasteiger partial charge in [0.1, 0.15) is 0 Å². The summed E-state index contributed by atoms with van der Waals surface area (Å²) in [6.07, 6.45) is 0.971. The minimum atomic E-state index is -3.54. The summed E-state index contributed by atoms with van der Waals surface area (Å²) in [5.74, 6) is -1.18.